The van der Waals surface area contributed by atoms with Crippen LogP contribution in [0.2, 0.25) is 0 Å². The summed E-state index contributed by atoms with van der Waals surface area (Å²) in [6.45, 7) is 3.84. The molecule has 0 aromatic heterocycles. The van der Waals surface area contributed by atoms with Crippen LogP contribution >= 0.6 is 0 Å². The predicted octanol–water partition coefficient (Wildman–Crippen LogP) is 3.72. The van der Waals surface area contributed by atoms with Crippen molar-refractivity contribution in [2.24, 2.45) is 0 Å². The third kappa shape index (κ3) is 2.96. The van der Waals surface area contributed by atoms with Gasteiger partial charge in [-0.25, -0.2) is 4.39 Å². The zero-order valence-corrected chi connectivity index (χ0v) is 10.7. The second kappa shape index (κ2) is 5.32. The molecule has 0 bridgehead atoms. The number of hydrogen-bond donors (Lipinski definition) is 1. The molecule has 94 valence electrons. The van der Waals surface area contributed by atoms with Gasteiger partial charge in [0, 0.05) is 6.42 Å². The fourth-order valence-corrected chi connectivity index (χ4v) is 2.19. The summed E-state index contributed by atoms with van der Waals surface area (Å²) in [6.07, 6.45) is -0.0406. The molecule has 1 atom stereocenters. The zero-order valence-electron chi connectivity index (χ0n) is 10.7. The predicted molar refractivity (Wildman–Crippen MR) is 71.0 cm³/mol. The first-order valence-electron chi connectivity index (χ1n) is 6.06. The number of aliphatic hydroxyl groups excluding tert-OH is 1. The van der Waals surface area contributed by atoms with E-state index in [0.717, 1.165) is 16.7 Å². The number of aryl methyl sites for hydroxylation is 2. The van der Waals surface area contributed by atoms with E-state index in [0.29, 0.717) is 6.42 Å². The van der Waals surface area contributed by atoms with E-state index in [1.54, 1.807) is 6.07 Å². The van der Waals surface area contributed by atoms with E-state index in [-0.39, 0.29) is 5.82 Å². The highest BCUT2D eigenvalue weighted by Crippen LogP contribution is 2.22. The van der Waals surface area contributed by atoms with E-state index in [2.05, 4.69) is 6.07 Å². The number of aliphatic hydroxyl groups is 1. The molecule has 0 aliphatic rings. The monoisotopic (exact) mass is 244 g/mol. The molecule has 1 unspecified atom stereocenters. The van der Waals surface area contributed by atoms with Crippen LogP contribution in [0, 0.1) is 19.7 Å². The van der Waals surface area contributed by atoms with E-state index >= 15 is 0 Å². The molecule has 0 saturated carbocycles. The molecule has 0 aliphatic carbocycles. The largest absolute Gasteiger partial charge is 0.388 e. The van der Waals surface area contributed by atoms with Crippen LogP contribution < -0.4 is 0 Å². The van der Waals surface area contributed by atoms with E-state index in [1.807, 2.05) is 32.0 Å². The van der Waals surface area contributed by atoms with Gasteiger partial charge in [0.15, 0.2) is 0 Å². The normalized spacial score (nSPS) is 12.4. The molecule has 0 fully saturated rings. The van der Waals surface area contributed by atoms with Crippen LogP contribution in [0.15, 0.2) is 42.5 Å². The van der Waals surface area contributed by atoms with Crippen molar-refractivity contribution in [2.75, 3.05) is 0 Å². The summed E-state index contributed by atoms with van der Waals surface area (Å²) in [4.78, 5) is 0. The molecule has 0 heterocycles. The molecule has 0 amide bonds. The quantitative estimate of drug-likeness (QED) is 0.872. The standard InChI is InChI=1S/C16H17FO/c1-11-4-3-5-13(8-11)10-16(18)15-7-6-14(17)9-12(15)2/h3-9,16,18H,10H2,1-2H3. The molecule has 0 spiro atoms. The van der Waals surface area contributed by atoms with Gasteiger partial charge in [-0.1, -0.05) is 35.9 Å². The Balaban J connectivity index is 2.19. The minimum absolute atomic E-state index is 0.265. The maximum Gasteiger partial charge on any atom is 0.123 e. The second-order valence-corrected chi connectivity index (χ2v) is 4.71. The first-order chi connectivity index (χ1) is 8.56. The SMILES string of the molecule is Cc1cccc(CC(O)c2ccc(F)cc2C)c1. The van der Waals surface area contributed by atoms with Gasteiger partial charge in [-0.15, -0.1) is 0 Å². The van der Waals surface area contributed by atoms with Gasteiger partial charge in [0.2, 0.25) is 0 Å². The molecule has 0 saturated heterocycles. The Morgan fingerprint density at radius 1 is 1.11 bits per heavy atom. The fraction of sp³-hybridized carbons (Fsp3) is 0.250. The first kappa shape index (κ1) is 12.8. The van der Waals surface area contributed by atoms with Gasteiger partial charge in [0.1, 0.15) is 5.82 Å². The van der Waals surface area contributed by atoms with Gasteiger partial charge in [0.05, 0.1) is 6.10 Å². The highest BCUT2D eigenvalue weighted by Gasteiger charge is 2.11. The second-order valence-electron chi connectivity index (χ2n) is 4.71. The van der Waals surface area contributed by atoms with Crippen LogP contribution in [0.3, 0.4) is 0 Å². The van der Waals surface area contributed by atoms with Crippen LogP contribution in [0.5, 0.6) is 0 Å². The van der Waals surface area contributed by atoms with Gasteiger partial charge in [-0.05, 0) is 42.7 Å². The Morgan fingerprint density at radius 2 is 1.89 bits per heavy atom. The highest BCUT2D eigenvalue weighted by molar-refractivity contribution is 5.31. The van der Waals surface area contributed by atoms with Crippen molar-refractivity contribution in [3.63, 3.8) is 0 Å². The average Bonchev–Trinajstić information content (AvgIpc) is 2.28. The summed E-state index contributed by atoms with van der Waals surface area (Å²) in [5.74, 6) is -0.265. The minimum atomic E-state index is -0.590. The van der Waals surface area contributed by atoms with Crippen LogP contribution in [-0.2, 0) is 6.42 Å². The van der Waals surface area contributed by atoms with Gasteiger partial charge in [-0.2, -0.15) is 0 Å². The molecule has 2 heteroatoms. The van der Waals surface area contributed by atoms with Gasteiger partial charge >= 0.3 is 0 Å². The summed E-state index contributed by atoms with van der Waals surface area (Å²) < 4.78 is 13.0. The Labute approximate surface area is 107 Å². The lowest BCUT2D eigenvalue weighted by atomic mass is 9.97. The van der Waals surface area contributed by atoms with Crippen molar-refractivity contribution in [1.29, 1.82) is 0 Å². The molecular formula is C16H17FO. The lowest BCUT2D eigenvalue weighted by Crippen LogP contribution is -2.04. The van der Waals surface area contributed by atoms with Crippen molar-refractivity contribution in [3.8, 4) is 0 Å². The highest BCUT2D eigenvalue weighted by atomic mass is 19.1. The van der Waals surface area contributed by atoms with Crippen molar-refractivity contribution in [2.45, 2.75) is 26.4 Å². The molecule has 1 nitrogen and oxygen atoms in total. The van der Waals surface area contributed by atoms with E-state index in [4.69, 9.17) is 0 Å². The van der Waals surface area contributed by atoms with Crippen molar-refractivity contribution in [3.05, 3.63) is 70.5 Å². The molecule has 1 N–H and O–H groups in total. The smallest absolute Gasteiger partial charge is 0.123 e. The van der Waals surface area contributed by atoms with Crippen LogP contribution in [0.1, 0.15) is 28.4 Å². The summed E-state index contributed by atoms with van der Waals surface area (Å²) in [6, 6.07) is 12.6. The molecule has 2 rings (SSSR count). The van der Waals surface area contributed by atoms with Gasteiger partial charge in [0.25, 0.3) is 0 Å². The average molecular weight is 244 g/mol. The Hall–Kier alpha value is -1.67. The molecule has 2 aromatic carbocycles. The van der Waals surface area contributed by atoms with Gasteiger partial charge < -0.3 is 5.11 Å². The molecule has 18 heavy (non-hydrogen) atoms. The Kier molecular flexibility index (Phi) is 3.78. The molecular weight excluding hydrogens is 227 g/mol. The topological polar surface area (TPSA) is 20.2 Å². The summed E-state index contributed by atoms with van der Waals surface area (Å²) in [5.41, 5.74) is 3.84. The first-order valence-corrected chi connectivity index (χ1v) is 6.06. The lowest BCUT2D eigenvalue weighted by Gasteiger charge is -2.14. The zero-order chi connectivity index (χ0) is 13.1. The minimum Gasteiger partial charge on any atom is -0.388 e. The maximum absolute atomic E-state index is 13.0. The van der Waals surface area contributed by atoms with Crippen LogP contribution in [0.4, 0.5) is 4.39 Å². The molecule has 0 aliphatic heterocycles. The fourth-order valence-electron chi connectivity index (χ4n) is 2.19. The van der Waals surface area contributed by atoms with Crippen molar-refractivity contribution in [1.82, 2.24) is 0 Å². The summed E-state index contributed by atoms with van der Waals surface area (Å²) in [7, 11) is 0. The molecule has 2 aromatic rings. The van der Waals surface area contributed by atoms with Crippen molar-refractivity contribution < 1.29 is 9.50 Å². The van der Waals surface area contributed by atoms with Crippen molar-refractivity contribution >= 4 is 0 Å². The summed E-state index contributed by atoms with van der Waals surface area (Å²) >= 11 is 0. The Bertz CT molecular complexity index is 549. The third-order valence-electron chi connectivity index (χ3n) is 3.10. The van der Waals surface area contributed by atoms with E-state index in [1.165, 1.54) is 17.7 Å². The van der Waals surface area contributed by atoms with Gasteiger partial charge in [-0.3, -0.25) is 0 Å². The number of benzene rings is 2. The third-order valence-corrected chi connectivity index (χ3v) is 3.10. The number of rotatable bonds is 3. The molecule has 0 radical (unpaired) electrons. The maximum atomic E-state index is 13.0. The summed E-state index contributed by atoms with van der Waals surface area (Å²) in [5, 5.41) is 10.2. The van der Waals surface area contributed by atoms with Crippen LogP contribution in [0.25, 0.3) is 0 Å². The van der Waals surface area contributed by atoms with E-state index in [9.17, 15) is 9.50 Å². The lowest BCUT2D eigenvalue weighted by molar-refractivity contribution is 0.177. The number of halogens is 1. The Morgan fingerprint density at radius 3 is 2.56 bits per heavy atom. The number of hydrogen-bond acceptors (Lipinski definition) is 1. The van der Waals surface area contributed by atoms with E-state index < -0.39 is 6.10 Å². The van der Waals surface area contributed by atoms with Crippen LogP contribution in [-0.4, -0.2) is 5.11 Å².